The Morgan fingerprint density at radius 3 is 2.38 bits per heavy atom. The molecule has 0 bridgehead atoms. The average Bonchev–Trinajstić information content (AvgIpc) is 2.12. The van der Waals surface area contributed by atoms with Crippen molar-refractivity contribution < 1.29 is 18.0 Å². The van der Waals surface area contributed by atoms with E-state index in [1.165, 1.54) is 12.1 Å². The van der Waals surface area contributed by atoms with E-state index in [9.17, 15) is 18.0 Å². The molecule has 0 fully saturated rings. The second-order valence-electron chi connectivity index (χ2n) is 3.12. The first-order chi connectivity index (χ1) is 7.29. The third-order valence-electron chi connectivity index (χ3n) is 1.75. The van der Waals surface area contributed by atoms with Crippen molar-refractivity contribution in [2.75, 3.05) is 5.73 Å². The summed E-state index contributed by atoms with van der Waals surface area (Å²) in [5.41, 5.74) is 9.41. The Bertz CT molecular complexity index is 438. The van der Waals surface area contributed by atoms with E-state index in [1.807, 2.05) is 0 Å². The van der Waals surface area contributed by atoms with Crippen LogP contribution in [0.25, 0.3) is 6.08 Å². The minimum absolute atomic E-state index is 0.0288. The maximum Gasteiger partial charge on any atom is 0.416 e. The fourth-order valence-corrected chi connectivity index (χ4v) is 1.11. The van der Waals surface area contributed by atoms with Gasteiger partial charge in [-0.1, -0.05) is 0 Å². The van der Waals surface area contributed by atoms with E-state index < -0.39 is 17.6 Å². The zero-order valence-corrected chi connectivity index (χ0v) is 8.08. The van der Waals surface area contributed by atoms with Crippen molar-refractivity contribution in [3.05, 3.63) is 35.4 Å². The molecule has 1 aromatic rings. The van der Waals surface area contributed by atoms with Gasteiger partial charge in [-0.2, -0.15) is 13.2 Å². The molecule has 1 aromatic carbocycles. The molecular formula is C10H9F3N2O. The first kappa shape index (κ1) is 12.1. The quantitative estimate of drug-likeness (QED) is 0.600. The molecule has 0 saturated carbocycles. The molecule has 16 heavy (non-hydrogen) atoms. The number of benzene rings is 1. The Morgan fingerprint density at radius 1 is 1.25 bits per heavy atom. The zero-order valence-electron chi connectivity index (χ0n) is 8.08. The molecule has 0 atom stereocenters. The van der Waals surface area contributed by atoms with Gasteiger partial charge < -0.3 is 11.5 Å². The molecule has 1 amide bonds. The van der Waals surface area contributed by atoms with E-state index in [2.05, 4.69) is 0 Å². The molecule has 0 heterocycles. The number of nitrogens with two attached hydrogens (primary N) is 2. The van der Waals surface area contributed by atoms with Crippen LogP contribution in [0.1, 0.15) is 11.1 Å². The molecule has 6 heteroatoms. The van der Waals surface area contributed by atoms with Gasteiger partial charge in [-0.15, -0.1) is 0 Å². The molecule has 0 unspecified atom stereocenters. The van der Waals surface area contributed by atoms with Gasteiger partial charge in [-0.05, 0) is 29.8 Å². The summed E-state index contributed by atoms with van der Waals surface area (Å²) < 4.78 is 37.1. The number of hydrogen-bond donors (Lipinski definition) is 2. The van der Waals surface area contributed by atoms with E-state index >= 15 is 0 Å². The largest absolute Gasteiger partial charge is 0.416 e. The lowest BCUT2D eigenvalue weighted by atomic mass is 10.1. The van der Waals surface area contributed by atoms with Crippen molar-refractivity contribution in [1.29, 1.82) is 0 Å². The summed E-state index contributed by atoms with van der Waals surface area (Å²) in [6.45, 7) is 0. The topological polar surface area (TPSA) is 69.1 Å². The van der Waals surface area contributed by atoms with Gasteiger partial charge in [0.1, 0.15) is 0 Å². The summed E-state index contributed by atoms with van der Waals surface area (Å²) in [5.74, 6) is -0.740. The van der Waals surface area contributed by atoms with Crippen LogP contribution in [0.5, 0.6) is 0 Å². The minimum Gasteiger partial charge on any atom is -0.399 e. The van der Waals surface area contributed by atoms with E-state index in [-0.39, 0.29) is 11.3 Å². The van der Waals surface area contributed by atoms with Crippen LogP contribution in [-0.4, -0.2) is 5.91 Å². The van der Waals surface area contributed by atoms with Crippen LogP contribution in [0, 0.1) is 0 Å². The lowest BCUT2D eigenvalue weighted by molar-refractivity contribution is -0.137. The molecule has 3 nitrogen and oxygen atoms in total. The van der Waals surface area contributed by atoms with Gasteiger partial charge in [0.25, 0.3) is 0 Å². The molecule has 0 aromatic heterocycles. The number of carbonyl (C=O) groups is 1. The Balaban J connectivity index is 3.13. The highest BCUT2D eigenvalue weighted by Gasteiger charge is 2.30. The summed E-state index contributed by atoms with van der Waals surface area (Å²) in [6.07, 6.45) is -2.33. The lowest BCUT2D eigenvalue weighted by Crippen LogP contribution is -2.07. The fraction of sp³-hybridized carbons (Fsp3) is 0.100. The number of nitrogen functional groups attached to an aromatic ring is 1. The number of amides is 1. The molecule has 86 valence electrons. The van der Waals surface area contributed by atoms with Gasteiger partial charge >= 0.3 is 6.18 Å². The molecule has 0 aliphatic carbocycles. The number of alkyl halides is 3. The molecule has 1 rings (SSSR count). The molecule has 0 aliphatic heterocycles. The lowest BCUT2D eigenvalue weighted by Gasteiger charge is -2.08. The van der Waals surface area contributed by atoms with Gasteiger partial charge in [-0.25, -0.2) is 0 Å². The molecule has 0 radical (unpaired) electrons. The molecule has 0 spiro atoms. The van der Waals surface area contributed by atoms with Crippen LogP contribution >= 0.6 is 0 Å². The summed E-state index contributed by atoms with van der Waals surface area (Å²) in [7, 11) is 0. The number of hydrogen-bond acceptors (Lipinski definition) is 2. The normalized spacial score (nSPS) is 11.9. The van der Waals surface area contributed by atoms with E-state index in [0.29, 0.717) is 0 Å². The SMILES string of the molecule is NC(=O)/C=C/c1cc(N)cc(C(F)(F)F)c1. The summed E-state index contributed by atoms with van der Waals surface area (Å²) >= 11 is 0. The summed E-state index contributed by atoms with van der Waals surface area (Å²) in [6, 6.07) is 3.02. The maximum atomic E-state index is 12.4. The highest BCUT2D eigenvalue weighted by molar-refractivity contribution is 5.90. The third-order valence-corrected chi connectivity index (χ3v) is 1.75. The van der Waals surface area contributed by atoms with E-state index in [4.69, 9.17) is 11.5 Å². The maximum absolute atomic E-state index is 12.4. The first-order valence-electron chi connectivity index (χ1n) is 4.24. The van der Waals surface area contributed by atoms with E-state index in [0.717, 1.165) is 18.2 Å². The number of carbonyl (C=O) groups excluding carboxylic acids is 1. The minimum atomic E-state index is -4.47. The standard InChI is InChI=1S/C10H9F3N2O/c11-10(12,13)7-3-6(1-2-9(15)16)4-8(14)5-7/h1-5H,14H2,(H2,15,16)/b2-1+. The van der Waals surface area contributed by atoms with Crippen LogP contribution in [-0.2, 0) is 11.0 Å². The van der Waals surface area contributed by atoms with Crippen molar-refractivity contribution in [1.82, 2.24) is 0 Å². The monoisotopic (exact) mass is 230 g/mol. The van der Waals surface area contributed by atoms with Gasteiger partial charge in [0.2, 0.25) is 5.91 Å². The van der Waals surface area contributed by atoms with Crippen molar-refractivity contribution in [2.45, 2.75) is 6.18 Å². The third kappa shape index (κ3) is 3.30. The van der Waals surface area contributed by atoms with Crippen molar-refractivity contribution in [2.24, 2.45) is 5.73 Å². The molecule has 4 N–H and O–H groups in total. The van der Waals surface area contributed by atoms with Crippen LogP contribution in [0.3, 0.4) is 0 Å². The number of rotatable bonds is 2. The fourth-order valence-electron chi connectivity index (χ4n) is 1.11. The molecule has 0 saturated heterocycles. The van der Waals surface area contributed by atoms with Crippen LogP contribution in [0.4, 0.5) is 18.9 Å². The predicted octanol–water partition coefficient (Wildman–Crippen LogP) is 1.79. The van der Waals surface area contributed by atoms with Gasteiger partial charge in [0.15, 0.2) is 0 Å². The highest BCUT2D eigenvalue weighted by Crippen LogP contribution is 2.31. The smallest absolute Gasteiger partial charge is 0.399 e. The van der Waals surface area contributed by atoms with Gasteiger partial charge in [0.05, 0.1) is 5.56 Å². The number of anilines is 1. The van der Waals surface area contributed by atoms with Gasteiger partial charge in [0, 0.05) is 11.8 Å². The Hall–Kier alpha value is -1.98. The summed E-state index contributed by atoms with van der Waals surface area (Å²) in [5, 5.41) is 0. The van der Waals surface area contributed by atoms with E-state index in [1.54, 1.807) is 0 Å². The first-order valence-corrected chi connectivity index (χ1v) is 4.24. The molecule has 0 aliphatic rings. The van der Waals surface area contributed by atoms with Crippen molar-refractivity contribution >= 4 is 17.7 Å². The predicted molar refractivity (Wildman–Crippen MR) is 54.1 cm³/mol. The highest BCUT2D eigenvalue weighted by atomic mass is 19.4. The average molecular weight is 230 g/mol. The van der Waals surface area contributed by atoms with Crippen LogP contribution in [0.2, 0.25) is 0 Å². The van der Waals surface area contributed by atoms with Crippen molar-refractivity contribution in [3.63, 3.8) is 0 Å². The van der Waals surface area contributed by atoms with Crippen molar-refractivity contribution in [3.8, 4) is 0 Å². The molecular weight excluding hydrogens is 221 g/mol. The Labute approximate surface area is 89.5 Å². The second kappa shape index (κ2) is 4.26. The van der Waals surface area contributed by atoms with Crippen LogP contribution in [0.15, 0.2) is 24.3 Å². The number of halogens is 3. The second-order valence-corrected chi connectivity index (χ2v) is 3.12. The zero-order chi connectivity index (χ0) is 12.3. The number of primary amides is 1. The van der Waals surface area contributed by atoms with Gasteiger partial charge in [-0.3, -0.25) is 4.79 Å². The Morgan fingerprint density at radius 2 is 1.88 bits per heavy atom. The van der Waals surface area contributed by atoms with Crippen LogP contribution < -0.4 is 11.5 Å². The summed E-state index contributed by atoms with van der Waals surface area (Å²) in [4.78, 5) is 10.4. The Kier molecular flexibility index (Phi) is 3.22.